The van der Waals surface area contributed by atoms with Gasteiger partial charge in [-0.1, -0.05) is 0 Å². The molecule has 2 aromatic rings. The number of aryl methyl sites for hydroxylation is 1. The van der Waals surface area contributed by atoms with E-state index in [0.29, 0.717) is 18.8 Å². The summed E-state index contributed by atoms with van der Waals surface area (Å²) in [5, 5.41) is 3.80. The molecule has 30 heavy (non-hydrogen) atoms. The van der Waals surface area contributed by atoms with Crippen LogP contribution in [0, 0.1) is 5.82 Å². The average Bonchev–Trinajstić information content (AvgIpc) is 3.20. The molecule has 1 fully saturated rings. The SMILES string of the molecule is O=C(COc1ccc(F)cc1)N1CCN(C(=O)c2cnn(CCC(F)(F)F)c2)CC1. The van der Waals surface area contributed by atoms with Crippen LogP contribution in [-0.2, 0) is 11.3 Å². The zero-order chi connectivity index (χ0) is 21.7. The topological polar surface area (TPSA) is 67.7 Å². The lowest BCUT2D eigenvalue weighted by Crippen LogP contribution is -2.51. The Kier molecular flexibility index (Phi) is 6.58. The molecule has 0 bridgehead atoms. The van der Waals surface area contributed by atoms with Crippen LogP contribution in [0.4, 0.5) is 17.6 Å². The molecule has 1 saturated heterocycles. The Bertz CT molecular complexity index is 875. The Morgan fingerprint density at radius 3 is 2.30 bits per heavy atom. The van der Waals surface area contributed by atoms with Crippen LogP contribution in [0.25, 0.3) is 0 Å². The van der Waals surface area contributed by atoms with Crippen molar-refractivity contribution in [2.45, 2.75) is 19.1 Å². The summed E-state index contributed by atoms with van der Waals surface area (Å²) < 4.78 is 56.2. The number of rotatable bonds is 6. The van der Waals surface area contributed by atoms with Gasteiger partial charge in [0.1, 0.15) is 11.6 Å². The zero-order valence-electron chi connectivity index (χ0n) is 15.9. The molecule has 0 aliphatic carbocycles. The number of benzene rings is 1. The van der Waals surface area contributed by atoms with Gasteiger partial charge in [0.25, 0.3) is 11.8 Å². The van der Waals surface area contributed by atoms with Gasteiger partial charge >= 0.3 is 6.18 Å². The molecular formula is C19H20F4N4O3. The largest absolute Gasteiger partial charge is 0.484 e. The van der Waals surface area contributed by atoms with Crippen LogP contribution in [0.1, 0.15) is 16.8 Å². The number of hydrogen-bond donors (Lipinski definition) is 0. The Labute approximate surface area is 169 Å². The van der Waals surface area contributed by atoms with Crippen molar-refractivity contribution in [1.29, 1.82) is 0 Å². The van der Waals surface area contributed by atoms with Gasteiger partial charge in [-0.3, -0.25) is 14.3 Å². The Morgan fingerprint density at radius 2 is 1.67 bits per heavy atom. The first-order chi connectivity index (χ1) is 14.2. The number of halogens is 4. The Hall–Kier alpha value is -3.11. The number of amides is 2. The minimum Gasteiger partial charge on any atom is -0.484 e. The van der Waals surface area contributed by atoms with Gasteiger partial charge < -0.3 is 14.5 Å². The average molecular weight is 428 g/mol. The van der Waals surface area contributed by atoms with E-state index in [4.69, 9.17) is 4.74 Å². The molecule has 3 rings (SSSR count). The fourth-order valence-corrected chi connectivity index (χ4v) is 2.95. The molecule has 0 spiro atoms. The number of carbonyl (C=O) groups is 2. The van der Waals surface area contributed by atoms with Crippen LogP contribution in [-0.4, -0.2) is 70.4 Å². The molecule has 2 amide bonds. The summed E-state index contributed by atoms with van der Waals surface area (Å²) in [6.45, 7) is 0.626. The zero-order valence-corrected chi connectivity index (χ0v) is 15.9. The van der Waals surface area contributed by atoms with Crippen molar-refractivity contribution < 1.29 is 31.9 Å². The summed E-state index contributed by atoms with van der Waals surface area (Å²) in [6.07, 6.45) is -2.78. The van der Waals surface area contributed by atoms with Crippen LogP contribution >= 0.6 is 0 Å². The van der Waals surface area contributed by atoms with Gasteiger partial charge in [0, 0.05) is 38.9 Å². The summed E-state index contributed by atoms with van der Waals surface area (Å²) >= 11 is 0. The van der Waals surface area contributed by atoms with E-state index in [1.807, 2.05) is 0 Å². The van der Waals surface area contributed by atoms with Gasteiger partial charge in [-0.05, 0) is 24.3 Å². The Morgan fingerprint density at radius 1 is 1.03 bits per heavy atom. The molecule has 1 aromatic heterocycles. The molecule has 1 aromatic carbocycles. The summed E-state index contributed by atoms with van der Waals surface area (Å²) in [5.74, 6) is -0.629. The monoisotopic (exact) mass is 428 g/mol. The molecule has 2 heterocycles. The Balaban J connectivity index is 1.45. The van der Waals surface area contributed by atoms with Crippen molar-refractivity contribution in [3.05, 3.63) is 48.0 Å². The van der Waals surface area contributed by atoms with Gasteiger partial charge in [0.05, 0.1) is 18.2 Å². The van der Waals surface area contributed by atoms with Crippen molar-refractivity contribution in [3.8, 4) is 5.75 Å². The first-order valence-corrected chi connectivity index (χ1v) is 9.26. The third-order valence-electron chi connectivity index (χ3n) is 4.60. The molecule has 11 heteroatoms. The second kappa shape index (κ2) is 9.14. The minimum atomic E-state index is -4.29. The lowest BCUT2D eigenvalue weighted by molar-refractivity contribution is -0.137. The molecule has 0 atom stereocenters. The van der Waals surface area contributed by atoms with Crippen molar-refractivity contribution in [2.24, 2.45) is 0 Å². The van der Waals surface area contributed by atoms with Crippen molar-refractivity contribution in [3.63, 3.8) is 0 Å². The van der Waals surface area contributed by atoms with E-state index < -0.39 is 18.4 Å². The van der Waals surface area contributed by atoms with Gasteiger partial charge in [0.2, 0.25) is 0 Å². The lowest BCUT2D eigenvalue weighted by Gasteiger charge is -2.34. The normalized spacial score (nSPS) is 14.7. The first kappa shape index (κ1) is 21.6. The lowest BCUT2D eigenvalue weighted by atomic mass is 10.2. The van der Waals surface area contributed by atoms with Crippen LogP contribution in [0.15, 0.2) is 36.7 Å². The number of hydrogen-bond acceptors (Lipinski definition) is 4. The third-order valence-corrected chi connectivity index (χ3v) is 4.60. The van der Waals surface area contributed by atoms with E-state index in [2.05, 4.69) is 5.10 Å². The van der Waals surface area contributed by atoms with E-state index in [9.17, 15) is 27.2 Å². The predicted octanol–water partition coefficient (Wildman–Crippen LogP) is 2.34. The van der Waals surface area contributed by atoms with Gasteiger partial charge in [0.15, 0.2) is 6.61 Å². The van der Waals surface area contributed by atoms with Gasteiger partial charge in [-0.25, -0.2) is 4.39 Å². The minimum absolute atomic E-state index is 0.203. The number of piperazine rings is 1. The molecule has 0 saturated carbocycles. The molecule has 1 aliphatic heterocycles. The van der Waals surface area contributed by atoms with Crippen molar-refractivity contribution in [1.82, 2.24) is 19.6 Å². The quantitative estimate of drug-likeness (QED) is 0.663. The molecule has 0 N–H and O–H groups in total. The second-order valence-electron chi connectivity index (χ2n) is 6.77. The maximum Gasteiger partial charge on any atom is 0.390 e. The molecule has 0 radical (unpaired) electrons. The highest BCUT2D eigenvalue weighted by molar-refractivity contribution is 5.94. The van der Waals surface area contributed by atoms with E-state index in [1.165, 1.54) is 41.6 Å². The maximum atomic E-state index is 12.9. The number of carbonyl (C=O) groups excluding carboxylic acids is 2. The third kappa shape index (κ3) is 5.94. The van der Waals surface area contributed by atoms with Gasteiger partial charge in [-0.15, -0.1) is 0 Å². The van der Waals surface area contributed by atoms with Crippen molar-refractivity contribution in [2.75, 3.05) is 32.8 Å². The van der Waals surface area contributed by atoms with Crippen LogP contribution in [0.5, 0.6) is 5.75 Å². The summed E-state index contributed by atoms with van der Waals surface area (Å²) in [7, 11) is 0. The van der Waals surface area contributed by atoms with E-state index >= 15 is 0 Å². The first-order valence-electron chi connectivity index (χ1n) is 9.26. The molecule has 0 unspecified atom stereocenters. The van der Waals surface area contributed by atoms with Crippen molar-refractivity contribution >= 4 is 11.8 Å². The van der Waals surface area contributed by atoms with Crippen LogP contribution in [0.3, 0.4) is 0 Å². The highest BCUT2D eigenvalue weighted by Crippen LogP contribution is 2.20. The molecular weight excluding hydrogens is 408 g/mol. The number of ether oxygens (including phenoxy) is 1. The number of nitrogens with zero attached hydrogens (tertiary/aromatic N) is 4. The highest BCUT2D eigenvalue weighted by Gasteiger charge is 2.28. The van der Waals surface area contributed by atoms with Crippen LogP contribution < -0.4 is 4.74 Å². The smallest absolute Gasteiger partial charge is 0.390 e. The molecule has 162 valence electrons. The van der Waals surface area contributed by atoms with Gasteiger partial charge in [-0.2, -0.15) is 18.3 Å². The highest BCUT2D eigenvalue weighted by atomic mass is 19.4. The van der Waals surface area contributed by atoms with E-state index in [-0.39, 0.29) is 43.6 Å². The molecule has 7 nitrogen and oxygen atoms in total. The summed E-state index contributed by atoms with van der Waals surface area (Å²) in [6, 6.07) is 5.31. The fourth-order valence-electron chi connectivity index (χ4n) is 2.95. The maximum absolute atomic E-state index is 12.9. The van der Waals surface area contributed by atoms with Crippen LogP contribution in [0.2, 0.25) is 0 Å². The molecule has 1 aliphatic rings. The summed E-state index contributed by atoms with van der Waals surface area (Å²) in [5.41, 5.74) is 0.205. The predicted molar refractivity (Wildman–Crippen MR) is 97.3 cm³/mol. The number of alkyl halides is 3. The summed E-state index contributed by atoms with van der Waals surface area (Å²) in [4.78, 5) is 27.9. The number of aromatic nitrogens is 2. The van der Waals surface area contributed by atoms with E-state index in [0.717, 1.165) is 4.68 Å². The standard InChI is InChI=1S/C19H20F4N4O3/c20-15-1-3-16(4-2-15)30-13-17(28)25-7-9-26(10-8-25)18(29)14-11-24-27(12-14)6-5-19(21,22)23/h1-4,11-12H,5-10,13H2. The second-order valence-corrected chi connectivity index (χ2v) is 6.77. The fraction of sp³-hybridized carbons (Fsp3) is 0.421. The van der Waals surface area contributed by atoms with E-state index in [1.54, 1.807) is 4.90 Å².